The van der Waals surface area contributed by atoms with Gasteiger partial charge in [-0.25, -0.2) is 0 Å². The Morgan fingerprint density at radius 1 is 1.27 bits per heavy atom. The van der Waals surface area contributed by atoms with Crippen molar-refractivity contribution < 1.29 is 28.3 Å². The number of hydrogen-bond acceptors (Lipinski definition) is 6. The number of furan rings is 1. The van der Waals surface area contributed by atoms with Crippen LogP contribution >= 0.6 is 15.9 Å². The van der Waals surface area contributed by atoms with Crippen molar-refractivity contribution in [3.63, 3.8) is 0 Å². The number of halogens is 1. The molecular formula is C13H15BrN2O6. The number of amides is 2. The molecule has 1 aliphatic rings. The van der Waals surface area contributed by atoms with E-state index in [1.54, 1.807) is 11.0 Å². The minimum Gasteiger partial charge on any atom is -0.454 e. The molecule has 0 bridgehead atoms. The summed E-state index contributed by atoms with van der Waals surface area (Å²) in [5.74, 6) is -1.44. The van der Waals surface area contributed by atoms with E-state index in [1.807, 2.05) is 0 Å². The van der Waals surface area contributed by atoms with Crippen LogP contribution in [0.1, 0.15) is 10.6 Å². The van der Waals surface area contributed by atoms with Crippen LogP contribution in [-0.4, -0.2) is 62.1 Å². The summed E-state index contributed by atoms with van der Waals surface area (Å²) in [5, 5.41) is 2.34. The molecule has 0 spiro atoms. The van der Waals surface area contributed by atoms with Crippen molar-refractivity contribution in [2.24, 2.45) is 0 Å². The van der Waals surface area contributed by atoms with Gasteiger partial charge < -0.3 is 24.1 Å². The highest BCUT2D eigenvalue weighted by molar-refractivity contribution is 9.10. The van der Waals surface area contributed by atoms with Gasteiger partial charge in [0.15, 0.2) is 17.0 Å². The Kier molecular flexibility index (Phi) is 5.96. The first-order valence-electron chi connectivity index (χ1n) is 6.61. The molecule has 120 valence electrons. The van der Waals surface area contributed by atoms with E-state index in [4.69, 9.17) is 13.9 Å². The molecule has 0 unspecified atom stereocenters. The first kappa shape index (κ1) is 16.5. The zero-order valence-corrected chi connectivity index (χ0v) is 13.3. The molecule has 1 aromatic heterocycles. The van der Waals surface area contributed by atoms with Crippen LogP contribution in [0, 0.1) is 0 Å². The summed E-state index contributed by atoms with van der Waals surface area (Å²) in [6, 6.07) is 3.03. The monoisotopic (exact) mass is 374 g/mol. The van der Waals surface area contributed by atoms with Gasteiger partial charge in [-0.1, -0.05) is 0 Å². The van der Waals surface area contributed by atoms with Crippen molar-refractivity contribution in [1.82, 2.24) is 10.2 Å². The lowest BCUT2D eigenvalue weighted by Crippen LogP contribution is -2.43. The van der Waals surface area contributed by atoms with E-state index in [1.165, 1.54) is 6.07 Å². The number of esters is 1. The lowest BCUT2D eigenvalue weighted by Gasteiger charge is -2.26. The number of ether oxygens (including phenoxy) is 2. The van der Waals surface area contributed by atoms with Crippen molar-refractivity contribution in [2.45, 2.75) is 0 Å². The minimum atomic E-state index is -0.694. The molecule has 2 amide bonds. The molecule has 1 fully saturated rings. The maximum absolute atomic E-state index is 11.8. The molecule has 1 saturated heterocycles. The third-order valence-corrected chi connectivity index (χ3v) is 3.34. The smallest absolute Gasteiger partial charge is 0.325 e. The normalized spacial score (nSPS) is 14.5. The van der Waals surface area contributed by atoms with Gasteiger partial charge >= 0.3 is 5.97 Å². The quantitative estimate of drug-likeness (QED) is 0.737. The molecule has 22 heavy (non-hydrogen) atoms. The summed E-state index contributed by atoms with van der Waals surface area (Å²) in [6.07, 6.45) is 0. The highest BCUT2D eigenvalue weighted by atomic mass is 79.9. The number of nitrogens with one attached hydrogen (secondary N) is 1. The Bertz CT molecular complexity index is 552. The van der Waals surface area contributed by atoms with Crippen molar-refractivity contribution in [1.29, 1.82) is 0 Å². The average Bonchev–Trinajstić information content (AvgIpc) is 2.97. The van der Waals surface area contributed by atoms with E-state index in [2.05, 4.69) is 21.2 Å². The van der Waals surface area contributed by atoms with Crippen molar-refractivity contribution in [3.05, 3.63) is 22.6 Å². The van der Waals surface area contributed by atoms with Crippen LogP contribution in [0.5, 0.6) is 0 Å². The van der Waals surface area contributed by atoms with Crippen molar-refractivity contribution in [3.8, 4) is 0 Å². The molecule has 1 aliphatic heterocycles. The van der Waals surface area contributed by atoms with Gasteiger partial charge in [0, 0.05) is 13.1 Å². The number of carbonyl (C=O) groups excluding carboxylic acids is 3. The van der Waals surface area contributed by atoms with Gasteiger partial charge in [-0.3, -0.25) is 14.4 Å². The molecule has 0 aromatic carbocycles. The molecule has 1 N–H and O–H groups in total. The Morgan fingerprint density at radius 2 is 2.00 bits per heavy atom. The summed E-state index contributed by atoms with van der Waals surface area (Å²) in [7, 11) is 0. The van der Waals surface area contributed by atoms with Gasteiger partial charge in [-0.15, -0.1) is 0 Å². The molecule has 2 rings (SSSR count). The average molecular weight is 375 g/mol. The molecule has 1 aromatic rings. The lowest BCUT2D eigenvalue weighted by atomic mass is 10.4. The molecular weight excluding hydrogens is 360 g/mol. The third kappa shape index (κ3) is 4.85. The number of carbonyl (C=O) groups is 3. The molecule has 0 atom stereocenters. The summed E-state index contributed by atoms with van der Waals surface area (Å²) in [5.41, 5.74) is 0. The van der Waals surface area contributed by atoms with Gasteiger partial charge in [0.1, 0.15) is 6.54 Å². The fourth-order valence-electron chi connectivity index (χ4n) is 1.77. The first-order valence-corrected chi connectivity index (χ1v) is 7.40. The van der Waals surface area contributed by atoms with Gasteiger partial charge in [-0.2, -0.15) is 0 Å². The van der Waals surface area contributed by atoms with Gasteiger partial charge in [0.2, 0.25) is 0 Å². The van der Waals surface area contributed by atoms with E-state index in [0.29, 0.717) is 31.0 Å². The zero-order chi connectivity index (χ0) is 15.9. The Morgan fingerprint density at radius 3 is 2.64 bits per heavy atom. The van der Waals surface area contributed by atoms with E-state index in [0.717, 1.165) is 0 Å². The Balaban J connectivity index is 1.67. The second-order valence-corrected chi connectivity index (χ2v) is 5.22. The largest absolute Gasteiger partial charge is 0.454 e. The first-order chi connectivity index (χ1) is 10.6. The van der Waals surface area contributed by atoms with Gasteiger partial charge in [0.05, 0.1) is 13.2 Å². The van der Waals surface area contributed by atoms with Crippen LogP contribution in [-0.2, 0) is 19.1 Å². The second-order valence-electron chi connectivity index (χ2n) is 4.44. The fourth-order valence-corrected chi connectivity index (χ4v) is 2.08. The van der Waals surface area contributed by atoms with Crippen molar-refractivity contribution in [2.75, 3.05) is 39.5 Å². The summed E-state index contributed by atoms with van der Waals surface area (Å²) < 4.78 is 15.4. The number of hydrogen-bond donors (Lipinski definition) is 1. The van der Waals surface area contributed by atoms with E-state index in [9.17, 15) is 14.4 Å². The topological polar surface area (TPSA) is 98.1 Å². The third-order valence-electron chi connectivity index (χ3n) is 2.91. The van der Waals surface area contributed by atoms with Gasteiger partial charge in [0.25, 0.3) is 11.8 Å². The highest BCUT2D eigenvalue weighted by Gasteiger charge is 2.18. The summed E-state index contributed by atoms with van der Waals surface area (Å²) >= 11 is 3.07. The predicted molar refractivity (Wildman–Crippen MR) is 77.1 cm³/mol. The molecule has 0 aliphatic carbocycles. The molecule has 9 heteroatoms. The molecule has 8 nitrogen and oxygen atoms in total. The van der Waals surface area contributed by atoms with E-state index in [-0.39, 0.29) is 24.8 Å². The molecule has 2 heterocycles. The van der Waals surface area contributed by atoms with Crippen LogP contribution in [0.3, 0.4) is 0 Å². The summed E-state index contributed by atoms with van der Waals surface area (Å²) in [6.45, 7) is 1.25. The second kappa shape index (κ2) is 7.95. The lowest BCUT2D eigenvalue weighted by molar-refractivity contribution is -0.152. The fraction of sp³-hybridized carbons (Fsp3) is 0.462. The Hall–Kier alpha value is -1.87. The number of rotatable bonds is 5. The molecule has 0 radical (unpaired) electrons. The maximum atomic E-state index is 11.8. The maximum Gasteiger partial charge on any atom is 0.325 e. The SMILES string of the molecule is O=C(CNC(=O)c1ccc(Br)o1)OCC(=O)N1CCOCC1. The number of nitrogens with zero attached hydrogens (tertiary/aromatic N) is 1. The van der Waals surface area contributed by atoms with Crippen LogP contribution in [0.2, 0.25) is 0 Å². The van der Waals surface area contributed by atoms with Crippen LogP contribution in [0.4, 0.5) is 0 Å². The predicted octanol–water partition coefficient (Wildman–Crippen LogP) is 0.174. The Labute approximate surface area is 134 Å². The van der Waals surface area contributed by atoms with Crippen LogP contribution in [0.25, 0.3) is 0 Å². The van der Waals surface area contributed by atoms with Crippen LogP contribution < -0.4 is 5.32 Å². The standard InChI is InChI=1S/C13H15BrN2O6/c14-10-2-1-9(22-10)13(19)15-7-12(18)21-8-11(17)16-3-5-20-6-4-16/h1-2H,3-8H2,(H,15,19). The zero-order valence-electron chi connectivity index (χ0n) is 11.7. The highest BCUT2D eigenvalue weighted by Crippen LogP contribution is 2.13. The van der Waals surface area contributed by atoms with Crippen molar-refractivity contribution >= 4 is 33.7 Å². The van der Waals surface area contributed by atoms with E-state index < -0.39 is 11.9 Å². The van der Waals surface area contributed by atoms with Gasteiger partial charge in [-0.05, 0) is 28.1 Å². The number of morpholine rings is 1. The minimum absolute atomic E-state index is 0.0732. The summed E-state index contributed by atoms with van der Waals surface area (Å²) in [4.78, 5) is 36.4. The van der Waals surface area contributed by atoms with E-state index >= 15 is 0 Å². The molecule has 0 saturated carbocycles. The van der Waals surface area contributed by atoms with Crippen LogP contribution in [0.15, 0.2) is 21.2 Å².